The van der Waals surface area contributed by atoms with E-state index in [9.17, 15) is 4.79 Å². The molecule has 0 amide bonds. The molecule has 0 atom stereocenters. The fourth-order valence-corrected chi connectivity index (χ4v) is 1.77. The van der Waals surface area contributed by atoms with E-state index in [1.807, 2.05) is 0 Å². The van der Waals surface area contributed by atoms with Crippen molar-refractivity contribution in [1.82, 2.24) is 24.5 Å². The van der Waals surface area contributed by atoms with Gasteiger partial charge >= 0.3 is 5.97 Å². The Morgan fingerprint density at radius 2 is 2.44 bits per heavy atom. The molecule has 0 spiro atoms. The number of rotatable bonds is 4. The lowest BCUT2D eigenvalue weighted by Crippen LogP contribution is -2.02. The molecular weight excluding hydrogens is 230 g/mol. The van der Waals surface area contributed by atoms with Crippen molar-refractivity contribution in [3.63, 3.8) is 0 Å². The summed E-state index contributed by atoms with van der Waals surface area (Å²) < 4.78 is 3.30. The van der Waals surface area contributed by atoms with Crippen LogP contribution in [-0.4, -0.2) is 41.4 Å². The quantitative estimate of drug-likeness (QED) is 0.766. The third-order valence-electron chi connectivity index (χ3n) is 1.79. The molecule has 0 unspecified atom stereocenters. The topological polar surface area (TPSA) is 85.8 Å². The summed E-state index contributed by atoms with van der Waals surface area (Å²) in [4.78, 5) is 10.4. The van der Waals surface area contributed by atoms with Gasteiger partial charge in [0.05, 0.1) is 5.75 Å². The third-order valence-corrected chi connectivity index (χ3v) is 2.72. The maximum atomic E-state index is 10.4. The van der Waals surface area contributed by atoms with E-state index in [0.717, 1.165) is 11.8 Å². The Hall–Kier alpha value is -1.83. The minimum Gasteiger partial charge on any atom is -0.481 e. The van der Waals surface area contributed by atoms with E-state index in [2.05, 4.69) is 15.3 Å². The smallest absolute Gasteiger partial charge is 0.313 e. The first-order valence-corrected chi connectivity index (χ1v) is 5.40. The molecular formula is C8H9N5O2S. The molecule has 0 fully saturated rings. The molecule has 2 aromatic heterocycles. The molecule has 84 valence electrons. The van der Waals surface area contributed by atoms with Crippen molar-refractivity contribution in [3.05, 3.63) is 18.6 Å². The number of carbonyl (C=O) groups is 1. The van der Waals surface area contributed by atoms with Gasteiger partial charge in [0, 0.05) is 19.3 Å². The van der Waals surface area contributed by atoms with Crippen LogP contribution in [0.4, 0.5) is 0 Å². The van der Waals surface area contributed by atoms with Gasteiger partial charge in [0.25, 0.3) is 0 Å². The van der Waals surface area contributed by atoms with E-state index in [1.165, 1.54) is 6.33 Å². The Morgan fingerprint density at radius 3 is 3.06 bits per heavy atom. The van der Waals surface area contributed by atoms with Gasteiger partial charge in [-0.3, -0.25) is 14.0 Å². The van der Waals surface area contributed by atoms with E-state index < -0.39 is 5.97 Å². The number of nitrogens with zero attached hydrogens (tertiary/aromatic N) is 5. The minimum absolute atomic E-state index is 0.0501. The summed E-state index contributed by atoms with van der Waals surface area (Å²) in [6, 6.07) is 1.80. The zero-order valence-corrected chi connectivity index (χ0v) is 9.26. The summed E-state index contributed by atoms with van der Waals surface area (Å²) in [6.07, 6.45) is 3.30. The van der Waals surface area contributed by atoms with Crippen molar-refractivity contribution in [1.29, 1.82) is 0 Å². The Balaban J connectivity index is 2.22. The number of aryl methyl sites for hydroxylation is 1. The highest BCUT2D eigenvalue weighted by Gasteiger charge is 2.10. The van der Waals surface area contributed by atoms with Crippen LogP contribution < -0.4 is 0 Å². The molecule has 2 heterocycles. The van der Waals surface area contributed by atoms with Gasteiger partial charge in [-0.25, -0.2) is 0 Å². The van der Waals surface area contributed by atoms with E-state index in [4.69, 9.17) is 5.11 Å². The van der Waals surface area contributed by atoms with Crippen LogP contribution in [0.25, 0.3) is 5.82 Å². The lowest BCUT2D eigenvalue weighted by molar-refractivity contribution is -0.133. The normalized spacial score (nSPS) is 10.6. The lowest BCUT2D eigenvalue weighted by Gasteiger charge is -2.00. The lowest BCUT2D eigenvalue weighted by atomic mass is 10.6. The molecule has 1 N–H and O–H groups in total. The largest absolute Gasteiger partial charge is 0.481 e. The second kappa shape index (κ2) is 4.35. The van der Waals surface area contributed by atoms with Crippen LogP contribution in [0.1, 0.15) is 0 Å². The van der Waals surface area contributed by atoms with E-state index in [1.54, 1.807) is 28.6 Å². The Morgan fingerprint density at radius 1 is 1.62 bits per heavy atom. The van der Waals surface area contributed by atoms with Crippen LogP contribution in [0.2, 0.25) is 0 Å². The van der Waals surface area contributed by atoms with Crippen LogP contribution in [0, 0.1) is 0 Å². The maximum absolute atomic E-state index is 10.4. The van der Waals surface area contributed by atoms with Gasteiger partial charge in [-0.05, 0) is 0 Å². The summed E-state index contributed by atoms with van der Waals surface area (Å²) in [6.45, 7) is 0. The van der Waals surface area contributed by atoms with Crippen molar-refractivity contribution in [2.24, 2.45) is 7.05 Å². The van der Waals surface area contributed by atoms with E-state index >= 15 is 0 Å². The Bertz CT molecular complexity index is 506. The first-order valence-electron chi connectivity index (χ1n) is 4.41. The summed E-state index contributed by atoms with van der Waals surface area (Å²) in [5.74, 6) is -0.271. The fourth-order valence-electron chi connectivity index (χ4n) is 1.14. The number of carboxylic acid groups (broad SMARTS) is 1. The van der Waals surface area contributed by atoms with Crippen molar-refractivity contribution in [3.8, 4) is 5.82 Å². The van der Waals surface area contributed by atoms with Gasteiger partial charge in [0.1, 0.15) is 6.33 Å². The zero-order valence-electron chi connectivity index (χ0n) is 8.44. The molecule has 8 heteroatoms. The van der Waals surface area contributed by atoms with Crippen LogP contribution in [-0.2, 0) is 11.8 Å². The van der Waals surface area contributed by atoms with Crippen LogP contribution in [0.3, 0.4) is 0 Å². The van der Waals surface area contributed by atoms with Gasteiger partial charge in [0.2, 0.25) is 0 Å². The van der Waals surface area contributed by atoms with Gasteiger partial charge in [0.15, 0.2) is 11.0 Å². The first-order chi connectivity index (χ1) is 7.66. The van der Waals surface area contributed by atoms with Gasteiger partial charge in [-0.1, -0.05) is 11.8 Å². The van der Waals surface area contributed by atoms with Crippen LogP contribution in [0.5, 0.6) is 0 Å². The molecule has 0 radical (unpaired) electrons. The van der Waals surface area contributed by atoms with Crippen LogP contribution in [0.15, 0.2) is 23.7 Å². The highest BCUT2D eigenvalue weighted by Crippen LogP contribution is 2.17. The van der Waals surface area contributed by atoms with Crippen LogP contribution >= 0.6 is 11.8 Å². The molecule has 2 aromatic rings. The van der Waals surface area contributed by atoms with Gasteiger partial charge in [-0.2, -0.15) is 5.10 Å². The number of hydrogen-bond donors (Lipinski definition) is 1. The fraction of sp³-hybridized carbons (Fsp3) is 0.250. The Labute approximate surface area is 95.1 Å². The highest BCUT2D eigenvalue weighted by molar-refractivity contribution is 7.99. The molecule has 0 aliphatic rings. The average molecular weight is 239 g/mol. The predicted octanol–water partition coefficient (Wildman–Crippen LogP) is 0.177. The molecule has 0 saturated carbocycles. The molecule has 0 bridgehead atoms. The summed E-state index contributed by atoms with van der Waals surface area (Å²) in [5, 5.41) is 20.8. The second-order valence-electron chi connectivity index (χ2n) is 3.01. The number of aromatic nitrogens is 5. The Kier molecular flexibility index (Phi) is 2.91. The number of aliphatic carboxylic acids is 1. The maximum Gasteiger partial charge on any atom is 0.313 e. The molecule has 16 heavy (non-hydrogen) atoms. The van der Waals surface area contributed by atoms with E-state index in [0.29, 0.717) is 11.0 Å². The first kappa shape index (κ1) is 10.7. The van der Waals surface area contributed by atoms with Crippen molar-refractivity contribution < 1.29 is 9.90 Å². The highest BCUT2D eigenvalue weighted by atomic mass is 32.2. The minimum atomic E-state index is -0.888. The predicted molar refractivity (Wildman–Crippen MR) is 56.5 cm³/mol. The molecule has 0 saturated heterocycles. The summed E-state index contributed by atoms with van der Waals surface area (Å²) in [5.41, 5.74) is 0. The van der Waals surface area contributed by atoms with Crippen molar-refractivity contribution in [2.45, 2.75) is 5.16 Å². The number of carboxylic acids is 1. The zero-order chi connectivity index (χ0) is 11.5. The van der Waals surface area contributed by atoms with E-state index in [-0.39, 0.29) is 5.75 Å². The third kappa shape index (κ3) is 2.22. The SMILES string of the molecule is Cn1ccc(-n2cnnc2SCC(=O)O)n1. The van der Waals surface area contributed by atoms with Gasteiger partial charge < -0.3 is 5.11 Å². The second-order valence-corrected chi connectivity index (χ2v) is 3.96. The van der Waals surface area contributed by atoms with Crippen molar-refractivity contribution >= 4 is 17.7 Å². The molecule has 0 aliphatic carbocycles. The molecule has 0 aliphatic heterocycles. The number of hydrogen-bond acceptors (Lipinski definition) is 5. The molecule has 2 rings (SSSR count). The average Bonchev–Trinajstić information content (AvgIpc) is 2.82. The van der Waals surface area contributed by atoms with Gasteiger partial charge in [-0.15, -0.1) is 10.2 Å². The summed E-state index contributed by atoms with van der Waals surface area (Å²) in [7, 11) is 1.80. The standard InChI is InChI=1S/C8H9N5O2S/c1-12-3-2-6(11-12)13-5-9-10-8(13)16-4-7(14)15/h2-3,5H,4H2,1H3,(H,14,15). The van der Waals surface area contributed by atoms with Crippen molar-refractivity contribution in [2.75, 3.05) is 5.75 Å². The summed E-state index contributed by atoms with van der Waals surface area (Å²) >= 11 is 1.11. The molecule has 0 aromatic carbocycles. The number of thioether (sulfide) groups is 1. The molecule has 7 nitrogen and oxygen atoms in total. The monoisotopic (exact) mass is 239 g/mol.